The quantitative estimate of drug-likeness (QED) is 0.941. The standard InChI is InChI=1S/C19H22FNO2/c1-14-7-8-17(20)11-16(14)12-21-9-10-23-18(13-22)19(21)15-5-3-2-4-6-15/h2-8,11,18-19,22H,9-10,12-13H2,1H3/t18-,19-/m1/s1. The number of nitrogens with zero attached hydrogens (tertiary/aromatic N) is 1. The molecule has 0 aromatic heterocycles. The van der Waals surface area contributed by atoms with Gasteiger partial charge < -0.3 is 9.84 Å². The van der Waals surface area contributed by atoms with Crippen LogP contribution in [0.5, 0.6) is 0 Å². The van der Waals surface area contributed by atoms with Crippen molar-refractivity contribution in [3.05, 3.63) is 71.0 Å². The number of aryl methyl sites for hydroxylation is 1. The maximum Gasteiger partial charge on any atom is 0.123 e. The molecule has 0 spiro atoms. The van der Waals surface area contributed by atoms with Crippen molar-refractivity contribution in [3.8, 4) is 0 Å². The van der Waals surface area contributed by atoms with Crippen LogP contribution in [0.4, 0.5) is 4.39 Å². The maximum atomic E-state index is 13.6. The molecule has 0 unspecified atom stereocenters. The van der Waals surface area contributed by atoms with Crippen molar-refractivity contribution < 1.29 is 14.2 Å². The molecule has 1 heterocycles. The lowest BCUT2D eigenvalue weighted by Crippen LogP contribution is -2.46. The van der Waals surface area contributed by atoms with Crippen molar-refractivity contribution in [2.45, 2.75) is 25.6 Å². The Balaban J connectivity index is 1.90. The molecule has 4 heteroatoms. The molecule has 0 bridgehead atoms. The molecule has 1 saturated heterocycles. The van der Waals surface area contributed by atoms with Crippen LogP contribution in [-0.2, 0) is 11.3 Å². The molecule has 3 rings (SSSR count). The van der Waals surface area contributed by atoms with Gasteiger partial charge in [-0.05, 0) is 35.7 Å². The van der Waals surface area contributed by atoms with Crippen molar-refractivity contribution in [2.24, 2.45) is 0 Å². The highest BCUT2D eigenvalue weighted by Crippen LogP contribution is 2.31. The van der Waals surface area contributed by atoms with Gasteiger partial charge in [-0.15, -0.1) is 0 Å². The average Bonchev–Trinajstić information content (AvgIpc) is 2.58. The highest BCUT2D eigenvalue weighted by atomic mass is 19.1. The molecule has 2 atom stereocenters. The third-order valence-corrected chi connectivity index (χ3v) is 4.46. The zero-order chi connectivity index (χ0) is 16.2. The third kappa shape index (κ3) is 3.61. The lowest BCUT2D eigenvalue weighted by atomic mass is 9.97. The van der Waals surface area contributed by atoms with E-state index < -0.39 is 0 Å². The topological polar surface area (TPSA) is 32.7 Å². The van der Waals surface area contributed by atoms with Gasteiger partial charge in [0.1, 0.15) is 11.9 Å². The van der Waals surface area contributed by atoms with E-state index in [9.17, 15) is 9.50 Å². The monoisotopic (exact) mass is 315 g/mol. The van der Waals surface area contributed by atoms with Crippen LogP contribution in [0.15, 0.2) is 48.5 Å². The molecule has 2 aromatic rings. The number of halogens is 1. The highest BCUT2D eigenvalue weighted by Gasteiger charge is 2.33. The van der Waals surface area contributed by atoms with Crippen LogP contribution >= 0.6 is 0 Å². The molecule has 122 valence electrons. The third-order valence-electron chi connectivity index (χ3n) is 4.46. The summed E-state index contributed by atoms with van der Waals surface area (Å²) in [6, 6.07) is 14.9. The molecule has 3 nitrogen and oxygen atoms in total. The minimum Gasteiger partial charge on any atom is -0.394 e. The molecule has 1 aliphatic heterocycles. The van der Waals surface area contributed by atoms with E-state index in [1.165, 1.54) is 6.07 Å². The second kappa shape index (κ2) is 7.21. The molecule has 0 radical (unpaired) electrons. The predicted octanol–water partition coefficient (Wildman–Crippen LogP) is 3.07. The number of ether oxygens (including phenoxy) is 1. The van der Waals surface area contributed by atoms with E-state index >= 15 is 0 Å². The second-order valence-electron chi connectivity index (χ2n) is 5.99. The summed E-state index contributed by atoms with van der Waals surface area (Å²) in [5, 5.41) is 9.69. The van der Waals surface area contributed by atoms with Crippen LogP contribution in [0, 0.1) is 12.7 Å². The van der Waals surface area contributed by atoms with Gasteiger partial charge >= 0.3 is 0 Å². The van der Waals surface area contributed by atoms with E-state index in [2.05, 4.69) is 4.90 Å². The second-order valence-corrected chi connectivity index (χ2v) is 5.99. The zero-order valence-corrected chi connectivity index (χ0v) is 13.3. The summed E-state index contributed by atoms with van der Waals surface area (Å²) in [6.45, 7) is 3.94. The van der Waals surface area contributed by atoms with Crippen molar-refractivity contribution in [1.29, 1.82) is 0 Å². The zero-order valence-electron chi connectivity index (χ0n) is 13.3. The summed E-state index contributed by atoms with van der Waals surface area (Å²) >= 11 is 0. The molecule has 1 fully saturated rings. The Hall–Kier alpha value is -1.75. The number of hydrogen-bond donors (Lipinski definition) is 1. The fraction of sp³-hybridized carbons (Fsp3) is 0.368. The summed E-state index contributed by atoms with van der Waals surface area (Å²) in [7, 11) is 0. The average molecular weight is 315 g/mol. The molecule has 2 aromatic carbocycles. The van der Waals surface area contributed by atoms with Gasteiger partial charge in [0, 0.05) is 13.1 Å². The lowest BCUT2D eigenvalue weighted by Gasteiger charge is -2.41. The van der Waals surface area contributed by atoms with Crippen LogP contribution in [0.25, 0.3) is 0 Å². The van der Waals surface area contributed by atoms with E-state index in [4.69, 9.17) is 4.74 Å². The van der Waals surface area contributed by atoms with Crippen molar-refractivity contribution >= 4 is 0 Å². The molecule has 0 aliphatic carbocycles. The maximum absolute atomic E-state index is 13.6. The first-order chi connectivity index (χ1) is 11.2. The van der Waals surface area contributed by atoms with Gasteiger partial charge in [-0.3, -0.25) is 4.90 Å². The fourth-order valence-corrected chi connectivity index (χ4v) is 3.22. The summed E-state index contributed by atoms with van der Waals surface area (Å²) < 4.78 is 19.3. The Kier molecular flexibility index (Phi) is 5.06. The molecule has 23 heavy (non-hydrogen) atoms. The van der Waals surface area contributed by atoms with Gasteiger partial charge in [-0.2, -0.15) is 0 Å². The summed E-state index contributed by atoms with van der Waals surface area (Å²) in [4.78, 5) is 2.27. The number of aliphatic hydroxyl groups is 1. The normalized spacial score (nSPS) is 22.2. The number of aliphatic hydroxyl groups excluding tert-OH is 1. The first kappa shape index (κ1) is 16.1. The first-order valence-electron chi connectivity index (χ1n) is 7.95. The largest absolute Gasteiger partial charge is 0.394 e. The van der Waals surface area contributed by atoms with Crippen LogP contribution < -0.4 is 0 Å². The first-order valence-corrected chi connectivity index (χ1v) is 7.95. The summed E-state index contributed by atoms with van der Waals surface area (Å²) in [6.07, 6.45) is -0.264. The van der Waals surface area contributed by atoms with E-state index in [-0.39, 0.29) is 24.6 Å². The lowest BCUT2D eigenvalue weighted by molar-refractivity contribution is -0.0961. The smallest absolute Gasteiger partial charge is 0.123 e. The minimum atomic E-state index is -0.264. The molecule has 0 amide bonds. The molecule has 0 saturated carbocycles. The number of morpholine rings is 1. The van der Waals surface area contributed by atoms with Crippen molar-refractivity contribution in [3.63, 3.8) is 0 Å². The molecule has 1 N–H and O–H groups in total. The van der Waals surface area contributed by atoms with Crippen LogP contribution in [0.2, 0.25) is 0 Å². The van der Waals surface area contributed by atoms with E-state index in [0.29, 0.717) is 13.2 Å². The number of rotatable bonds is 4. The summed E-state index contributed by atoms with van der Waals surface area (Å²) in [5.74, 6) is -0.214. The van der Waals surface area contributed by atoms with Crippen molar-refractivity contribution in [2.75, 3.05) is 19.8 Å². The van der Waals surface area contributed by atoms with Gasteiger partial charge in [-0.1, -0.05) is 36.4 Å². The van der Waals surface area contributed by atoms with Crippen molar-refractivity contribution in [1.82, 2.24) is 4.90 Å². The van der Waals surface area contributed by atoms with Gasteiger partial charge in [0.05, 0.1) is 19.3 Å². The van der Waals surface area contributed by atoms with Gasteiger partial charge in [-0.25, -0.2) is 4.39 Å². The number of benzene rings is 2. The van der Waals surface area contributed by atoms with E-state index in [1.54, 1.807) is 6.07 Å². The Morgan fingerprint density at radius 1 is 1.22 bits per heavy atom. The Morgan fingerprint density at radius 2 is 2.00 bits per heavy atom. The number of hydrogen-bond acceptors (Lipinski definition) is 3. The Bertz CT molecular complexity index is 647. The SMILES string of the molecule is Cc1ccc(F)cc1CN1CCO[C@H](CO)[C@H]1c1ccccc1. The summed E-state index contributed by atoms with van der Waals surface area (Å²) in [5.41, 5.74) is 3.16. The fourth-order valence-electron chi connectivity index (χ4n) is 3.22. The highest BCUT2D eigenvalue weighted by molar-refractivity contribution is 5.28. The molecule has 1 aliphatic rings. The Labute approximate surface area is 136 Å². The molecular formula is C19H22FNO2. The van der Waals surface area contributed by atoms with Crippen LogP contribution in [0.1, 0.15) is 22.7 Å². The van der Waals surface area contributed by atoms with E-state index in [0.717, 1.165) is 23.2 Å². The van der Waals surface area contributed by atoms with E-state index in [1.807, 2.05) is 43.3 Å². The van der Waals surface area contributed by atoms with Crippen LogP contribution in [-0.4, -0.2) is 35.9 Å². The minimum absolute atomic E-state index is 0.0296. The Morgan fingerprint density at radius 3 is 2.74 bits per heavy atom. The van der Waals surface area contributed by atoms with Gasteiger partial charge in [0.15, 0.2) is 0 Å². The molecular weight excluding hydrogens is 293 g/mol. The van der Waals surface area contributed by atoms with Gasteiger partial charge in [0.2, 0.25) is 0 Å². The predicted molar refractivity (Wildman–Crippen MR) is 87.6 cm³/mol. The van der Waals surface area contributed by atoms with Crippen LogP contribution in [0.3, 0.4) is 0 Å². The van der Waals surface area contributed by atoms with Gasteiger partial charge in [0.25, 0.3) is 0 Å².